The first-order valence-corrected chi connectivity index (χ1v) is 9.14. The van der Waals surface area contributed by atoms with E-state index in [1.807, 2.05) is 31.7 Å². The Balaban J connectivity index is 1.90. The van der Waals surface area contributed by atoms with Gasteiger partial charge in [0.15, 0.2) is 0 Å². The van der Waals surface area contributed by atoms with E-state index in [4.69, 9.17) is 14.3 Å². The van der Waals surface area contributed by atoms with Gasteiger partial charge in [-0.2, -0.15) is 0 Å². The SMILES string of the molecule is CCC1(CNCc2ccc(CO)o2)CCCN(C(=O)OC(C)(C)C)C1. The van der Waals surface area contributed by atoms with Crippen LogP contribution in [-0.2, 0) is 17.9 Å². The van der Waals surface area contributed by atoms with Crippen LogP contribution < -0.4 is 5.32 Å². The summed E-state index contributed by atoms with van der Waals surface area (Å²) in [6, 6.07) is 3.67. The van der Waals surface area contributed by atoms with Gasteiger partial charge in [-0.3, -0.25) is 0 Å². The van der Waals surface area contributed by atoms with Gasteiger partial charge >= 0.3 is 6.09 Å². The molecule has 1 aliphatic rings. The molecule has 1 unspecified atom stereocenters. The van der Waals surface area contributed by atoms with Gasteiger partial charge in [-0.05, 0) is 52.2 Å². The van der Waals surface area contributed by atoms with Crippen LogP contribution in [0.25, 0.3) is 0 Å². The Morgan fingerprint density at radius 1 is 1.40 bits per heavy atom. The van der Waals surface area contributed by atoms with Crippen molar-refractivity contribution in [3.8, 4) is 0 Å². The van der Waals surface area contributed by atoms with Crippen LogP contribution in [0.1, 0.15) is 58.5 Å². The molecule has 0 spiro atoms. The number of amides is 1. The van der Waals surface area contributed by atoms with E-state index in [0.717, 1.165) is 38.1 Å². The van der Waals surface area contributed by atoms with Gasteiger partial charge in [-0.1, -0.05) is 6.92 Å². The van der Waals surface area contributed by atoms with Crippen molar-refractivity contribution in [1.29, 1.82) is 0 Å². The Kier molecular flexibility index (Phi) is 6.52. The minimum Gasteiger partial charge on any atom is -0.462 e. The maximum absolute atomic E-state index is 12.4. The molecule has 0 saturated carbocycles. The maximum atomic E-state index is 12.4. The number of aliphatic hydroxyl groups is 1. The van der Waals surface area contributed by atoms with Crippen LogP contribution in [0.5, 0.6) is 0 Å². The average molecular weight is 352 g/mol. The minimum absolute atomic E-state index is 0.0571. The molecule has 0 aliphatic carbocycles. The molecule has 1 atom stereocenters. The van der Waals surface area contributed by atoms with Crippen LogP contribution in [0.15, 0.2) is 16.5 Å². The largest absolute Gasteiger partial charge is 0.462 e. The second-order valence-electron chi connectivity index (χ2n) is 7.99. The van der Waals surface area contributed by atoms with Crippen molar-refractivity contribution in [2.24, 2.45) is 5.41 Å². The van der Waals surface area contributed by atoms with E-state index < -0.39 is 5.60 Å². The highest BCUT2D eigenvalue weighted by atomic mass is 16.6. The van der Waals surface area contributed by atoms with Gasteiger partial charge in [-0.15, -0.1) is 0 Å². The van der Waals surface area contributed by atoms with Crippen molar-refractivity contribution in [1.82, 2.24) is 10.2 Å². The molecule has 142 valence electrons. The number of ether oxygens (including phenoxy) is 1. The van der Waals surface area contributed by atoms with Gasteiger partial charge in [0.1, 0.15) is 23.7 Å². The highest BCUT2D eigenvalue weighted by molar-refractivity contribution is 5.68. The zero-order valence-corrected chi connectivity index (χ0v) is 15.9. The van der Waals surface area contributed by atoms with Crippen molar-refractivity contribution in [3.05, 3.63) is 23.7 Å². The number of nitrogens with one attached hydrogen (secondary N) is 1. The van der Waals surface area contributed by atoms with E-state index in [0.29, 0.717) is 18.8 Å². The molecule has 2 heterocycles. The van der Waals surface area contributed by atoms with E-state index in [9.17, 15) is 4.79 Å². The molecule has 1 fully saturated rings. The first kappa shape index (κ1) is 19.8. The number of aliphatic hydroxyl groups excluding tert-OH is 1. The predicted molar refractivity (Wildman–Crippen MR) is 96.1 cm³/mol. The zero-order valence-electron chi connectivity index (χ0n) is 15.9. The number of likely N-dealkylation sites (tertiary alicyclic amines) is 1. The fourth-order valence-corrected chi connectivity index (χ4v) is 3.30. The monoisotopic (exact) mass is 352 g/mol. The number of nitrogens with zero attached hydrogens (tertiary/aromatic N) is 1. The fourth-order valence-electron chi connectivity index (χ4n) is 3.30. The summed E-state index contributed by atoms with van der Waals surface area (Å²) in [6.45, 7) is 10.7. The number of carbonyl (C=O) groups is 1. The van der Waals surface area contributed by atoms with Gasteiger partial charge in [0.05, 0.1) is 6.54 Å². The molecule has 2 N–H and O–H groups in total. The quantitative estimate of drug-likeness (QED) is 0.822. The molecule has 2 rings (SSSR count). The van der Waals surface area contributed by atoms with Gasteiger partial charge in [0.2, 0.25) is 0 Å². The number of hydrogen-bond acceptors (Lipinski definition) is 5. The number of piperidine rings is 1. The van der Waals surface area contributed by atoms with Crippen LogP contribution in [-0.4, -0.2) is 41.3 Å². The lowest BCUT2D eigenvalue weighted by molar-refractivity contribution is 0.00324. The van der Waals surface area contributed by atoms with Crippen molar-refractivity contribution in [2.75, 3.05) is 19.6 Å². The second kappa shape index (κ2) is 8.23. The summed E-state index contributed by atoms with van der Waals surface area (Å²) in [7, 11) is 0. The lowest BCUT2D eigenvalue weighted by Crippen LogP contribution is -2.51. The number of carbonyl (C=O) groups excluding carboxylic acids is 1. The van der Waals surface area contributed by atoms with Gasteiger partial charge < -0.3 is 24.5 Å². The van der Waals surface area contributed by atoms with E-state index in [1.165, 1.54) is 0 Å². The molecule has 1 aliphatic heterocycles. The number of hydrogen-bond donors (Lipinski definition) is 2. The summed E-state index contributed by atoms with van der Waals surface area (Å²) in [5.74, 6) is 1.39. The third-order valence-corrected chi connectivity index (χ3v) is 4.74. The van der Waals surface area contributed by atoms with E-state index in [1.54, 1.807) is 6.07 Å². The average Bonchev–Trinajstić information content (AvgIpc) is 3.01. The third kappa shape index (κ3) is 5.75. The van der Waals surface area contributed by atoms with Crippen molar-refractivity contribution in [2.45, 2.75) is 65.7 Å². The van der Waals surface area contributed by atoms with E-state index in [-0.39, 0.29) is 18.1 Å². The third-order valence-electron chi connectivity index (χ3n) is 4.74. The molecule has 1 amide bonds. The summed E-state index contributed by atoms with van der Waals surface area (Å²) >= 11 is 0. The molecule has 1 saturated heterocycles. The first-order valence-electron chi connectivity index (χ1n) is 9.14. The van der Waals surface area contributed by atoms with Crippen LogP contribution >= 0.6 is 0 Å². The molecule has 1 aromatic rings. The summed E-state index contributed by atoms with van der Waals surface area (Å²) in [4.78, 5) is 14.2. The van der Waals surface area contributed by atoms with Crippen LogP contribution in [0.2, 0.25) is 0 Å². The van der Waals surface area contributed by atoms with Gasteiger partial charge in [0.25, 0.3) is 0 Å². The van der Waals surface area contributed by atoms with Crippen molar-refractivity contribution < 1.29 is 19.1 Å². The Labute approximate surface area is 150 Å². The smallest absolute Gasteiger partial charge is 0.410 e. The molecule has 6 heteroatoms. The van der Waals surface area contributed by atoms with E-state index in [2.05, 4.69) is 12.2 Å². The standard InChI is InChI=1S/C19H32N2O4/c1-5-19(13-20-11-15-7-8-16(12-22)24-15)9-6-10-21(14-19)17(23)25-18(2,3)4/h7-8,20,22H,5-6,9-14H2,1-4H3. The molecule has 25 heavy (non-hydrogen) atoms. The second-order valence-corrected chi connectivity index (χ2v) is 7.99. The summed E-state index contributed by atoms with van der Waals surface area (Å²) in [5, 5.41) is 12.5. The molecule has 6 nitrogen and oxygen atoms in total. The zero-order chi connectivity index (χ0) is 18.5. The molecular formula is C19H32N2O4. The fraction of sp³-hybridized carbons (Fsp3) is 0.737. The predicted octanol–water partition coefficient (Wildman–Crippen LogP) is 3.29. The Hall–Kier alpha value is -1.53. The van der Waals surface area contributed by atoms with Crippen molar-refractivity contribution in [3.63, 3.8) is 0 Å². The Morgan fingerprint density at radius 3 is 2.72 bits per heavy atom. The van der Waals surface area contributed by atoms with Crippen LogP contribution in [0.3, 0.4) is 0 Å². The normalized spacial score (nSPS) is 21.4. The summed E-state index contributed by atoms with van der Waals surface area (Å²) < 4.78 is 11.0. The van der Waals surface area contributed by atoms with Gasteiger partial charge in [-0.25, -0.2) is 4.79 Å². The van der Waals surface area contributed by atoms with E-state index >= 15 is 0 Å². The topological polar surface area (TPSA) is 74.9 Å². The highest BCUT2D eigenvalue weighted by Gasteiger charge is 2.37. The number of furan rings is 1. The maximum Gasteiger partial charge on any atom is 0.410 e. The number of rotatable bonds is 6. The molecule has 0 bridgehead atoms. The molecule has 1 aromatic heterocycles. The van der Waals surface area contributed by atoms with Crippen molar-refractivity contribution >= 4 is 6.09 Å². The lowest BCUT2D eigenvalue weighted by Gasteiger charge is -2.42. The minimum atomic E-state index is -0.467. The summed E-state index contributed by atoms with van der Waals surface area (Å²) in [5.41, 5.74) is -0.410. The Morgan fingerprint density at radius 2 is 2.12 bits per heavy atom. The molecule has 0 aromatic carbocycles. The first-order chi connectivity index (χ1) is 11.8. The van der Waals surface area contributed by atoms with Crippen LogP contribution in [0, 0.1) is 5.41 Å². The Bertz CT molecular complexity index is 564. The summed E-state index contributed by atoms with van der Waals surface area (Å²) in [6.07, 6.45) is 2.86. The molecular weight excluding hydrogens is 320 g/mol. The van der Waals surface area contributed by atoms with Gasteiger partial charge in [0, 0.05) is 25.0 Å². The molecule has 0 radical (unpaired) electrons. The van der Waals surface area contributed by atoms with Crippen LogP contribution in [0.4, 0.5) is 4.79 Å². The lowest BCUT2D eigenvalue weighted by atomic mass is 9.77. The highest BCUT2D eigenvalue weighted by Crippen LogP contribution is 2.33.